The highest BCUT2D eigenvalue weighted by molar-refractivity contribution is 6.42. The second kappa shape index (κ2) is 8.49. The van der Waals surface area contributed by atoms with Crippen LogP contribution in [0.2, 0.25) is 10.0 Å². The molecule has 10 heteroatoms. The second-order valence-electron chi connectivity index (χ2n) is 7.14. The minimum absolute atomic E-state index is 0.0881. The van der Waals surface area contributed by atoms with Gasteiger partial charge < -0.3 is 5.32 Å². The van der Waals surface area contributed by atoms with Crippen molar-refractivity contribution in [3.63, 3.8) is 0 Å². The quantitative estimate of drug-likeness (QED) is 0.554. The summed E-state index contributed by atoms with van der Waals surface area (Å²) in [6.45, 7) is 3.88. The number of halogens is 2. The summed E-state index contributed by atoms with van der Waals surface area (Å²) in [7, 11) is 0. The van der Waals surface area contributed by atoms with E-state index in [1.807, 2.05) is 32.0 Å². The molecule has 158 valence electrons. The van der Waals surface area contributed by atoms with Crippen molar-refractivity contribution >= 4 is 63.5 Å². The molecule has 0 radical (unpaired) electrons. The Balaban J connectivity index is 1.55. The maximum absolute atomic E-state index is 12.6. The number of nitrogens with one attached hydrogen (secondary N) is 3. The highest BCUT2D eigenvalue weighted by Crippen LogP contribution is 2.25. The van der Waals surface area contributed by atoms with E-state index >= 15 is 0 Å². The molecule has 3 aromatic rings. The first-order chi connectivity index (χ1) is 14.8. The molecule has 2 amide bonds. The van der Waals surface area contributed by atoms with E-state index in [1.165, 1.54) is 6.07 Å². The average Bonchev–Trinajstić information content (AvgIpc) is 2.71. The van der Waals surface area contributed by atoms with E-state index in [0.717, 1.165) is 22.2 Å². The number of hydrogen-bond donors (Lipinski definition) is 3. The van der Waals surface area contributed by atoms with Gasteiger partial charge in [-0.3, -0.25) is 20.2 Å². The average molecular weight is 457 g/mol. The molecule has 0 spiro atoms. The number of rotatable bonds is 3. The van der Waals surface area contributed by atoms with Crippen molar-refractivity contribution in [1.29, 1.82) is 0 Å². The normalized spacial score (nSPS) is 15.9. The van der Waals surface area contributed by atoms with Gasteiger partial charge in [0.15, 0.2) is 0 Å². The molecule has 1 aliphatic heterocycles. The van der Waals surface area contributed by atoms with Gasteiger partial charge in [0.2, 0.25) is 23.7 Å². The Morgan fingerprint density at radius 1 is 1.10 bits per heavy atom. The van der Waals surface area contributed by atoms with Crippen LogP contribution in [0.5, 0.6) is 0 Å². The molecule has 1 aliphatic rings. The first-order valence-electron chi connectivity index (χ1n) is 9.44. The third-order valence-electron chi connectivity index (χ3n) is 4.68. The van der Waals surface area contributed by atoms with Gasteiger partial charge in [0.25, 0.3) is 0 Å². The maximum Gasteiger partial charge on any atom is 0.249 e. The Morgan fingerprint density at radius 2 is 1.90 bits per heavy atom. The Labute approximate surface area is 188 Å². The van der Waals surface area contributed by atoms with Crippen LogP contribution in [0.4, 0.5) is 11.6 Å². The number of fused-ring (bicyclic) bond motifs is 1. The smallest absolute Gasteiger partial charge is 0.249 e. The standard InChI is InChI=1S/C21H18Cl2N6O2/c1-10-3-6-16-13(7-10)11(2)24-20(26-16)29-21-27-17(9-18(30)28-21)19(31)25-12-4-5-14(22)15(23)8-12/h3-8,17H,9H2,1-2H3,(H,25,31)(H2,24,26,27,28,29,30)/t17-/m1/s1. The van der Waals surface area contributed by atoms with Crippen molar-refractivity contribution in [3.05, 3.63) is 57.7 Å². The van der Waals surface area contributed by atoms with Crippen LogP contribution in [0.15, 0.2) is 41.4 Å². The number of anilines is 2. The Kier molecular flexibility index (Phi) is 5.75. The Morgan fingerprint density at radius 3 is 2.68 bits per heavy atom. The minimum Gasteiger partial charge on any atom is -0.324 e. The number of carbonyl (C=O) groups excluding carboxylic acids is 2. The zero-order valence-corrected chi connectivity index (χ0v) is 18.2. The molecule has 0 aliphatic carbocycles. The summed E-state index contributed by atoms with van der Waals surface area (Å²) in [4.78, 5) is 38.0. The molecule has 2 heterocycles. The molecular weight excluding hydrogens is 439 g/mol. The van der Waals surface area contributed by atoms with Gasteiger partial charge in [0.1, 0.15) is 6.04 Å². The fourth-order valence-electron chi connectivity index (χ4n) is 3.16. The van der Waals surface area contributed by atoms with Gasteiger partial charge >= 0.3 is 0 Å². The molecular formula is C21H18Cl2N6O2. The summed E-state index contributed by atoms with van der Waals surface area (Å²) < 4.78 is 0. The van der Waals surface area contributed by atoms with E-state index in [1.54, 1.807) is 12.1 Å². The van der Waals surface area contributed by atoms with Gasteiger partial charge in [-0.25, -0.2) is 15.0 Å². The van der Waals surface area contributed by atoms with Crippen LogP contribution in [0.1, 0.15) is 17.7 Å². The monoisotopic (exact) mass is 456 g/mol. The predicted molar refractivity (Wildman–Crippen MR) is 122 cm³/mol. The van der Waals surface area contributed by atoms with E-state index in [0.29, 0.717) is 15.7 Å². The summed E-state index contributed by atoms with van der Waals surface area (Å²) >= 11 is 11.9. The predicted octanol–water partition coefficient (Wildman–Crippen LogP) is 3.85. The van der Waals surface area contributed by atoms with Crippen LogP contribution in [0, 0.1) is 13.8 Å². The fourth-order valence-corrected chi connectivity index (χ4v) is 3.46. The zero-order chi connectivity index (χ0) is 22.1. The maximum atomic E-state index is 12.6. The van der Waals surface area contributed by atoms with Gasteiger partial charge in [-0.15, -0.1) is 0 Å². The van der Waals surface area contributed by atoms with Crippen LogP contribution in [-0.4, -0.2) is 33.8 Å². The number of guanidine groups is 1. The molecule has 8 nitrogen and oxygen atoms in total. The first-order valence-corrected chi connectivity index (χ1v) is 10.2. The summed E-state index contributed by atoms with van der Waals surface area (Å²) in [5, 5.41) is 9.84. The molecule has 0 bridgehead atoms. The number of aliphatic imine (C=N–C) groups is 1. The van der Waals surface area contributed by atoms with Crippen LogP contribution in [-0.2, 0) is 9.59 Å². The number of carbonyl (C=O) groups is 2. The van der Waals surface area contributed by atoms with Gasteiger partial charge in [-0.05, 0) is 44.2 Å². The van der Waals surface area contributed by atoms with Crippen molar-refractivity contribution in [3.8, 4) is 0 Å². The number of nitrogens with zero attached hydrogens (tertiary/aromatic N) is 3. The van der Waals surface area contributed by atoms with Gasteiger partial charge in [0.05, 0.1) is 27.7 Å². The number of hydrogen-bond acceptors (Lipinski definition) is 6. The summed E-state index contributed by atoms with van der Waals surface area (Å²) in [5.74, 6) is -0.409. The zero-order valence-electron chi connectivity index (χ0n) is 16.7. The number of aromatic nitrogens is 2. The molecule has 1 aromatic heterocycles. The summed E-state index contributed by atoms with van der Waals surface area (Å²) in [6.07, 6.45) is -0.0881. The molecule has 0 saturated heterocycles. The van der Waals surface area contributed by atoms with Crippen LogP contribution >= 0.6 is 23.2 Å². The first kappa shape index (κ1) is 21.0. The lowest BCUT2D eigenvalue weighted by Gasteiger charge is -2.21. The van der Waals surface area contributed by atoms with E-state index in [-0.39, 0.29) is 24.2 Å². The molecule has 0 unspecified atom stereocenters. The third kappa shape index (κ3) is 4.76. The van der Waals surface area contributed by atoms with Crippen molar-refractivity contribution < 1.29 is 9.59 Å². The number of aryl methyl sites for hydroxylation is 2. The molecule has 31 heavy (non-hydrogen) atoms. The Bertz CT molecular complexity index is 1240. The van der Waals surface area contributed by atoms with Gasteiger partial charge in [0, 0.05) is 11.1 Å². The molecule has 2 aromatic carbocycles. The largest absolute Gasteiger partial charge is 0.324 e. The van der Waals surface area contributed by atoms with E-state index < -0.39 is 11.9 Å². The lowest BCUT2D eigenvalue weighted by molar-refractivity contribution is -0.124. The Hall–Kier alpha value is -3.23. The number of amides is 2. The summed E-state index contributed by atoms with van der Waals surface area (Å²) in [6, 6.07) is 9.67. The van der Waals surface area contributed by atoms with Crippen LogP contribution in [0.3, 0.4) is 0 Å². The molecule has 0 fully saturated rings. The summed E-state index contributed by atoms with van der Waals surface area (Å²) in [5.41, 5.74) is 3.11. The van der Waals surface area contributed by atoms with Crippen LogP contribution in [0.25, 0.3) is 10.9 Å². The molecule has 1 atom stereocenters. The lowest BCUT2D eigenvalue weighted by Crippen LogP contribution is -2.46. The van der Waals surface area contributed by atoms with Crippen molar-refractivity contribution in [1.82, 2.24) is 15.3 Å². The topological polar surface area (TPSA) is 108 Å². The van der Waals surface area contributed by atoms with Crippen molar-refractivity contribution in [2.75, 3.05) is 10.6 Å². The lowest BCUT2D eigenvalue weighted by atomic mass is 10.1. The second-order valence-corrected chi connectivity index (χ2v) is 7.96. The van der Waals surface area contributed by atoms with E-state index in [4.69, 9.17) is 23.2 Å². The highest BCUT2D eigenvalue weighted by Gasteiger charge is 2.27. The van der Waals surface area contributed by atoms with E-state index in [2.05, 4.69) is 30.9 Å². The third-order valence-corrected chi connectivity index (χ3v) is 5.42. The minimum atomic E-state index is -0.921. The number of benzene rings is 2. The van der Waals surface area contributed by atoms with Crippen LogP contribution < -0.4 is 16.0 Å². The van der Waals surface area contributed by atoms with Gasteiger partial charge in [-0.1, -0.05) is 34.8 Å². The highest BCUT2D eigenvalue weighted by atomic mass is 35.5. The van der Waals surface area contributed by atoms with Gasteiger partial charge in [-0.2, -0.15) is 0 Å². The molecule has 3 N–H and O–H groups in total. The molecule has 4 rings (SSSR count). The van der Waals surface area contributed by atoms with E-state index in [9.17, 15) is 9.59 Å². The van der Waals surface area contributed by atoms with Crippen molar-refractivity contribution in [2.45, 2.75) is 26.3 Å². The fraction of sp³-hybridized carbons (Fsp3) is 0.190. The molecule has 0 saturated carbocycles. The SMILES string of the molecule is Cc1ccc2nc(NC3=N[C@@H](C(=O)Nc4ccc(Cl)c(Cl)c4)CC(=O)N3)nc(C)c2c1. The van der Waals surface area contributed by atoms with Crippen molar-refractivity contribution in [2.24, 2.45) is 4.99 Å².